The van der Waals surface area contributed by atoms with Gasteiger partial charge in [0.2, 0.25) is 6.79 Å². The van der Waals surface area contributed by atoms with Gasteiger partial charge in [-0.25, -0.2) is 0 Å². The first-order valence-electron chi connectivity index (χ1n) is 8.78. The van der Waals surface area contributed by atoms with Crippen molar-refractivity contribution in [1.29, 1.82) is 0 Å². The predicted molar refractivity (Wildman–Crippen MR) is 105 cm³/mol. The van der Waals surface area contributed by atoms with Crippen LogP contribution in [0.5, 0.6) is 11.5 Å². The molecule has 0 saturated carbocycles. The number of ether oxygens (including phenoxy) is 2. The first-order chi connectivity index (χ1) is 14.4. The Morgan fingerprint density at radius 1 is 1.13 bits per heavy atom. The topological polar surface area (TPSA) is 133 Å². The highest BCUT2D eigenvalue weighted by Gasteiger charge is 2.22. The fourth-order valence-electron chi connectivity index (χ4n) is 3.01. The van der Waals surface area contributed by atoms with Crippen LogP contribution in [0.4, 0.5) is 5.69 Å². The van der Waals surface area contributed by atoms with Crippen molar-refractivity contribution in [2.24, 2.45) is 0 Å². The van der Waals surface area contributed by atoms with E-state index < -0.39 is 16.7 Å². The number of furan rings is 1. The highest BCUT2D eigenvalue weighted by molar-refractivity contribution is 6.00. The van der Waals surface area contributed by atoms with Crippen LogP contribution in [-0.2, 0) is 4.79 Å². The summed E-state index contributed by atoms with van der Waals surface area (Å²) in [4.78, 5) is 35.0. The van der Waals surface area contributed by atoms with Gasteiger partial charge in [0.05, 0.1) is 16.6 Å². The maximum absolute atomic E-state index is 12.3. The fourth-order valence-corrected chi connectivity index (χ4v) is 3.01. The number of carbonyl (C=O) groups is 2. The number of nitro benzene ring substituents is 1. The lowest BCUT2D eigenvalue weighted by atomic mass is 10.1. The quantitative estimate of drug-likeness (QED) is 0.384. The van der Waals surface area contributed by atoms with Gasteiger partial charge in [0.25, 0.3) is 11.6 Å². The van der Waals surface area contributed by atoms with Gasteiger partial charge in [0, 0.05) is 17.0 Å². The number of nitro groups is 1. The van der Waals surface area contributed by atoms with Crippen LogP contribution in [0.1, 0.15) is 21.7 Å². The van der Waals surface area contributed by atoms with Gasteiger partial charge >= 0.3 is 5.91 Å². The number of para-hydroxylation sites is 1. The average Bonchev–Trinajstić information content (AvgIpc) is 3.33. The first kappa shape index (κ1) is 19.0. The molecule has 1 aliphatic rings. The van der Waals surface area contributed by atoms with Crippen LogP contribution in [0.2, 0.25) is 0 Å². The van der Waals surface area contributed by atoms with Gasteiger partial charge in [0.1, 0.15) is 5.58 Å². The molecule has 10 heteroatoms. The highest BCUT2D eigenvalue weighted by atomic mass is 16.7. The normalized spacial score (nSPS) is 12.3. The summed E-state index contributed by atoms with van der Waals surface area (Å²) in [5.41, 5.74) is 5.57. The number of nitrogens with zero attached hydrogens (tertiary/aromatic N) is 1. The molecule has 10 nitrogen and oxygen atoms in total. The third-order valence-electron chi connectivity index (χ3n) is 4.48. The second-order valence-corrected chi connectivity index (χ2v) is 6.35. The molecule has 0 bridgehead atoms. The maximum Gasteiger partial charge on any atom is 0.305 e. The molecule has 0 fully saturated rings. The third kappa shape index (κ3) is 3.53. The van der Waals surface area contributed by atoms with Crippen LogP contribution in [0, 0.1) is 17.0 Å². The zero-order valence-electron chi connectivity index (χ0n) is 15.6. The van der Waals surface area contributed by atoms with Crippen LogP contribution in [0.25, 0.3) is 17.0 Å². The number of rotatable bonds is 4. The molecule has 2 N–H and O–H groups in total. The summed E-state index contributed by atoms with van der Waals surface area (Å²) in [6.07, 6.45) is 2.30. The summed E-state index contributed by atoms with van der Waals surface area (Å²) in [6.45, 7) is 1.70. The average molecular weight is 409 g/mol. The van der Waals surface area contributed by atoms with E-state index in [0.29, 0.717) is 16.9 Å². The Labute approximate surface area is 169 Å². The van der Waals surface area contributed by atoms with Gasteiger partial charge in [-0.2, -0.15) is 0 Å². The molecule has 2 amide bonds. The van der Waals surface area contributed by atoms with Gasteiger partial charge < -0.3 is 13.9 Å². The van der Waals surface area contributed by atoms with Gasteiger partial charge in [0.15, 0.2) is 17.3 Å². The van der Waals surface area contributed by atoms with Gasteiger partial charge in [-0.3, -0.25) is 30.6 Å². The minimum atomic E-state index is -0.691. The van der Waals surface area contributed by atoms with E-state index in [1.165, 1.54) is 18.2 Å². The summed E-state index contributed by atoms with van der Waals surface area (Å²) < 4.78 is 15.8. The lowest BCUT2D eigenvalue weighted by molar-refractivity contribution is -0.385. The largest absolute Gasteiger partial charge is 0.454 e. The molecule has 1 aliphatic heterocycles. The van der Waals surface area contributed by atoms with E-state index in [2.05, 4.69) is 10.9 Å². The number of nitrogens with one attached hydrogen (secondary N) is 2. The van der Waals surface area contributed by atoms with E-state index in [-0.39, 0.29) is 29.6 Å². The van der Waals surface area contributed by atoms with Crippen molar-refractivity contribution < 1.29 is 28.4 Å². The minimum Gasteiger partial charge on any atom is -0.454 e. The van der Waals surface area contributed by atoms with E-state index in [1.54, 1.807) is 19.1 Å². The fraction of sp³-hybridized carbons (Fsp3) is 0.100. The van der Waals surface area contributed by atoms with Crippen LogP contribution in [0.15, 0.2) is 46.9 Å². The monoisotopic (exact) mass is 409 g/mol. The highest BCUT2D eigenvalue weighted by Crippen LogP contribution is 2.38. The van der Waals surface area contributed by atoms with Gasteiger partial charge in [-0.1, -0.05) is 18.2 Å². The summed E-state index contributed by atoms with van der Waals surface area (Å²) in [5.74, 6) is -0.637. The zero-order chi connectivity index (χ0) is 21.3. The third-order valence-corrected chi connectivity index (χ3v) is 4.48. The molecule has 0 atom stereocenters. The summed E-state index contributed by atoms with van der Waals surface area (Å²) in [7, 11) is 0. The molecular formula is C20H15N3O7. The SMILES string of the molecule is Cc1c(C(=O)NNC(=O)/C=C/c2cc3c(cc2[N+](=O)[O-])OCO3)oc2ccccc12. The molecule has 0 aliphatic carbocycles. The van der Waals surface area contributed by atoms with E-state index >= 15 is 0 Å². The number of carbonyl (C=O) groups excluding carboxylic acids is 2. The molecule has 0 spiro atoms. The van der Waals surface area contributed by atoms with Crippen molar-refractivity contribution in [3.63, 3.8) is 0 Å². The molecule has 2 aromatic carbocycles. The van der Waals surface area contributed by atoms with E-state index in [0.717, 1.165) is 11.5 Å². The molecule has 0 saturated heterocycles. The van der Waals surface area contributed by atoms with E-state index in [1.807, 2.05) is 12.1 Å². The number of benzene rings is 2. The summed E-state index contributed by atoms with van der Waals surface area (Å²) >= 11 is 0. The van der Waals surface area contributed by atoms with Crippen molar-refractivity contribution in [2.45, 2.75) is 6.92 Å². The Hall–Kier alpha value is -4.34. The smallest absolute Gasteiger partial charge is 0.305 e. The Morgan fingerprint density at radius 2 is 1.87 bits per heavy atom. The molecular weight excluding hydrogens is 394 g/mol. The van der Waals surface area contributed by atoms with E-state index in [4.69, 9.17) is 13.9 Å². The van der Waals surface area contributed by atoms with Crippen molar-refractivity contribution in [3.05, 3.63) is 69.5 Å². The van der Waals surface area contributed by atoms with Crippen LogP contribution in [-0.4, -0.2) is 23.5 Å². The number of hydrazine groups is 1. The summed E-state index contributed by atoms with van der Waals surface area (Å²) in [6, 6.07) is 9.80. The lowest BCUT2D eigenvalue weighted by Crippen LogP contribution is -2.40. The first-order valence-corrected chi connectivity index (χ1v) is 8.78. The van der Waals surface area contributed by atoms with Crippen molar-refractivity contribution in [2.75, 3.05) is 6.79 Å². The maximum atomic E-state index is 12.3. The Morgan fingerprint density at radius 3 is 2.60 bits per heavy atom. The molecule has 0 radical (unpaired) electrons. The molecule has 4 rings (SSSR count). The van der Waals surface area contributed by atoms with Crippen molar-refractivity contribution >= 4 is 34.5 Å². The van der Waals surface area contributed by atoms with E-state index in [9.17, 15) is 19.7 Å². The predicted octanol–water partition coefficient (Wildman–Crippen LogP) is 2.85. The molecule has 1 aromatic heterocycles. The van der Waals surface area contributed by atoms with Crippen LogP contribution >= 0.6 is 0 Å². The number of amides is 2. The lowest BCUT2D eigenvalue weighted by Gasteiger charge is -2.04. The molecule has 152 valence electrons. The second kappa shape index (κ2) is 7.59. The van der Waals surface area contributed by atoms with Gasteiger partial charge in [-0.05, 0) is 25.1 Å². The van der Waals surface area contributed by atoms with Crippen LogP contribution < -0.4 is 20.3 Å². The van der Waals surface area contributed by atoms with Gasteiger partial charge in [-0.15, -0.1) is 0 Å². The molecule has 2 heterocycles. The second-order valence-electron chi connectivity index (χ2n) is 6.35. The number of hydrogen-bond acceptors (Lipinski definition) is 7. The summed E-state index contributed by atoms with van der Waals surface area (Å²) in [5, 5.41) is 12.0. The number of aryl methyl sites for hydroxylation is 1. The Balaban J connectivity index is 1.45. The molecule has 3 aromatic rings. The zero-order valence-corrected chi connectivity index (χ0v) is 15.6. The van der Waals surface area contributed by atoms with Crippen molar-refractivity contribution in [1.82, 2.24) is 10.9 Å². The van der Waals surface area contributed by atoms with Crippen LogP contribution in [0.3, 0.4) is 0 Å². The molecule has 30 heavy (non-hydrogen) atoms. The number of hydrogen-bond donors (Lipinski definition) is 2. The Kier molecular flexibility index (Phi) is 4.80. The minimum absolute atomic E-state index is 0.0343. The number of fused-ring (bicyclic) bond motifs is 2. The Bertz CT molecular complexity index is 1210. The molecule has 0 unspecified atom stereocenters. The van der Waals surface area contributed by atoms with Crippen molar-refractivity contribution in [3.8, 4) is 11.5 Å². The standard InChI is InChI=1S/C20H15N3O7/c1-11-13-4-2-3-5-15(13)30-19(11)20(25)22-21-18(24)7-6-12-8-16-17(29-10-28-16)9-14(12)23(26)27/h2-9H,10H2,1H3,(H,21,24)(H,22,25)/b7-6+.